The number of nitrogens with one attached hydrogen (secondary N) is 1. The Hall–Kier alpha value is -2.94. The molecule has 0 spiro atoms. The molecule has 1 saturated heterocycles. The van der Waals surface area contributed by atoms with Crippen LogP contribution >= 0.6 is 0 Å². The lowest BCUT2D eigenvalue weighted by Crippen LogP contribution is -2.43. The standard InChI is InChI=1S/C22H22F4N2O3/c1-13(15-5-7-16(8-6-15)21(30)31)27-20(29)19-10-18(23)12-28(19)11-14-3-2-4-17(9-14)22(24,25)26/h2-9,13,18-19H,10-12H2,1H3,(H,27,29)(H,30,31)/t13?,18-,19?/m0/s1. The molecular formula is C22H22F4N2O3. The van der Waals surface area contributed by atoms with Crippen molar-refractivity contribution in [2.45, 2.75) is 44.3 Å². The van der Waals surface area contributed by atoms with Crippen LogP contribution in [0.1, 0.15) is 46.4 Å². The fraction of sp³-hybridized carbons (Fsp3) is 0.364. The van der Waals surface area contributed by atoms with Gasteiger partial charge in [-0.05, 0) is 36.2 Å². The summed E-state index contributed by atoms with van der Waals surface area (Å²) in [6, 6.07) is 9.53. The third kappa shape index (κ3) is 5.61. The number of halogens is 4. The first-order valence-electron chi connectivity index (χ1n) is 9.72. The fourth-order valence-electron chi connectivity index (χ4n) is 3.68. The molecule has 0 aromatic heterocycles. The minimum Gasteiger partial charge on any atom is -0.478 e. The van der Waals surface area contributed by atoms with E-state index in [0.29, 0.717) is 11.1 Å². The second-order valence-corrected chi connectivity index (χ2v) is 7.63. The Morgan fingerprint density at radius 2 is 1.87 bits per heavy atom. The zero-order valence-corrected chi connectivity index (χ0v) is 16.7. The molecule has 1 aliphatic heterocycles. The van der Waals surface area contributed by atoms with Gasteiger partial charge >= 0.3 is 12.1 Å². The van der Waals surface area contributed by atoms with Crippen molar-refractivity contribution in [3.63, 3.8) is 0 Å². The van der Waals surface area contributed by atoms with Crippen LogP contribution in [-0.2, 0) is 17.5 Å². The lowest BCUT2D eigenvalue weighted by atomic mass is 10.0. The molecule has 1 heterocycles. The van der Waals surface area contributed by atoms with Crippen molar-refractivity contribution in [3.8, 4) is 0 Å². The third-order valence-electron chi connectivity index (χ3n) is 5.31. The molecule has 2 aromatic carbocycles. The quantitative estimate of drug-likeness (QED) is 0.664. The summed E-state index contributed by atoms with van der Waals surface area (Å²) in [5, 5.41) is 11.8. The molecule has 9 heteroatoms. The van der Waals surface area contributed by atoms with E-state index >= 15 is 0 Å². The molecule has 31 heavy (non-hydrogen) atoms. The summed E-state index contributed by atoms with van der Waals surface area (Å²) < 4.78 is 52.9. The number of carboxylic acids is 1. The number of likely N-dealkylation sites (tertiary alicyclic amines) is 1. The molecule has 0 aliphatic carbocycles. The van der Waals surface area contributed by atoms with Crippen LogP contribution in [0.3, 0.4) is 0 Å². The van der Waals surface area contributed by atoms with Crippen molar-refractivity contribution in [1.29, 1.82) is 0 Å². The summed E-state index contributed by atoms with van der Waals surface area (Å²) in [7, 11) is 0. The Morgan fingerprint density at radius 3 is 2.48 bits per heavy atom. The van der Waals surface area contributed by atoms with Crippen LogP contribution in [0.25, 0.3) is 0 Å². The summed E-state index contributed by atoms with van der Waals surface area (Å²) in [6.45, 7) is 1.69. The minimum atomic E-state index is -4.48. The second-order valence-electron chi connectivity index (χ2n) is 7.63. The first-order valence-corrected chi connectivity index (χ1v) is 9.72. The SMILES string of the molecule is CC(NC(=O)C1C[C@H](F)CN1Cc1cccc(C(F)(F)F)c1)c1ccc(C(=O)O)cc1. The number of alkyl halides is 4. The lowest BCUT2D eigenvalue weighted by molar-refractivity contribution is -0.137. The summed E-state index contributed by atoms with van der Waals surface area (Å²) in [5.41, 5.74) is 0.350. The topological polar surface area (TPSA) is 69.6 Å². The Balaban J connectivity index is 1.69. The van der Waals surface area contributed by atoms with Crippen LogP contribution in [0.4, 0.5) is 17.6 Å². The van der Waals surface area contributed by atoms with E-state index < -0.39 is 41.9 Å². The molecule has 1 fully saturated rings. The Kier molecular flexibility index (Phi) is 6.64. The third-order valence-corrected chi connectivity index (χ3v) is 5.31. The number of nitrogens with zero attached hydrogens (tertiary/aromatic N) is 1. The maximum atomic E-state index is 14.1. The number of benzene rings is 2. The van der Waals surface area contributed by atoms with E-state index in [1.54, 1.807) is 19.1 Å². The summed E-state index contributed by atoms with van der Waals surface area (Å²) >= 11 is 0. The number of aromatic carboxylic acids is 1. The number of carbonyl (C=O) groups excluding carboxylic acids is 1. The molecule has 2 aromatic rings. The van der Waals surface area contributed by atoms with Gasteiger partial charge in [0.1, 0.15) is 6.17 Å². The van der Waals surface area contributed by atoms with Crippen LogP contribution < -0.4 is 5.32 Å². The zero-order valence-electron chi connectivity index (χ0n) is 16.7. The van der Waals surface area contributed by atoms with Gasteiger partial charge in [-0.3, -0.25) is 9.69 Å². The van der Waals surface area contributed by atoms with Crippen molar-refractivity contribution in [3.05, 3.63) is 70.8 Å². The number of carbonyl (C=O) groups is 2. The van der Waals surface area contributed by atoms with E-state index in [2.05, 4.69) is 5.32 Å². The summed E-state index contributed by atoms with van der Waals surface area (Å²) in [6.07, 6.45) is -5.78. The number of amides is 1. The van der Waals surface area contributed by atoms with Gasteiger partial charge in [-0.15, -0.1) is 0 Å². The highest BCUT2D eigenvalue weighted by atomic mass is 19.4. The predicted molar refractivity (Wildman–Crippen MR) is 105 cm³/mol. The van der Waals surface area contributed by atoms with E-state index in [0.717, 1.165) is 12.1 Å². The number of rotatable bonds is 6. The highest BCUT2D eigenvalue weighted by Crippen LogP contribution is 2.31. The monoisotopic (exact) mass is 438 g/mol. The first kappa shape index (κ1) is 22.7. The average molecular weight is 438 g/mol. The number of hydrogen-bond acceptors (Lipinski definition) is 3. The van der Waals surface area contributed by atoms with Gasteiger partial charge in [0, 0.05) is 19.5 Å². The number of hydrogen-bond donors (Lipinski definition) is 2. The van der Waals surface area contributed by atoms with Gasteiger partial charge in [0.05, 0.1) is 23.2 Å². The van der Waals surface area contributed by atoms with Crippen molar-refractivity contribution < 1.29 is 32.3 Å². The summed E-state index contributed by atoms with van der Waals surface area (Å²) in [5.74, 6) is -1.49. The normalized spacial score (nSPS) is 20.4. The molecule has 2 unspecified atom stereocenters. The van der Waals surface area contributed by atoms with Crippen molar-refractivity contribution in [2.24, 2.45) is 0 Å². The Labute approximate surface area is 176 Å². The van der Waals surface area contributed by atoms with Crippen LogP contribution in [0.2, 0.25) is 0 Å². The van der Waals surface area contributed by atoms with Crippen LogP contribution in [-0.4, -0.2) is 40.6 Å². The van der Waals surface area contributed by atoms with Gasteiger partial charge in [0.2, 0.25) is 5.91 Å². The van der Waals surface area contributed by atoms with E-state index in [-0.39, 0.29) is 25.1 Å². The molecule has 0 saturated carbocycles. The lowest BCUT2D eigenvalue weighted by Gasteiger charge is -2.25. The Bertz CT molecular complexity index is 947. The van der Waals surface area contributed by atoms with E-state index in [4.69, 9.17) is 5.11 Å². The van der Waals surface area contributed by atoms with Gasteiger partial charge < -0.3 is 10.4 Å². The minimum absolute atomic E-state index is 0.0180. The molecule has 1 aliphatic rings. The van der Waals surface area contributed by atoms with E-state index in [9.17, 15) is 27.2 Å². The second kappa shape index (κ2) is 9.05. The van der Waals surface area contributed by atoms with Crippen molar-refractivity contribution in [2.75, 3.05) is 6.54 Å². The van der Waals surface area contributed by atoms with Crippen LogP contribution in [0.5, 0.6) is 0 Å². The highest BCUT2D eigenvalue weighted by molar-refractivity contribution is 5.87. The van der Waals surface area contributed by atoms with Gasteiger partial charge in [-0.1, -0.05) is 30.3 Å². The highest BCUT2D eigenvalue weighted by Gasteiger charge is 2.38. The molecule has 3 rings (SSSR count). The molecular weight excluding hydrogens is 416 g/mol. The summed E-state index contributed by atoms with van der Waals surface area (Å²) in [4.78, 5) is 25.3. The Morgan fingerprint density at radius 1 is 1.19 bits per heavy atom. The van der Waals surface area contributed by atoms with Crippen molar-refractivity contribution >= 4 is 11.9 Å². The predicted octanol–water partition coefficient (Wildman–Crippen LogP) is 4.19. The van der Waals surface area contributed by atoms with Crippen LogP contribution in [0, 0.1) is 0 Å². The fourth-order valence-corrected chi connectivity index (χ4v) is 3.68. The number of carboxylic acid groups (broad SMARTS) is 1. The largest absolute Gasteiger partial charge is 0.478 e. The van der Waals surface area contributed by atoms with Crippen LogP contribution in [0.15, 0.2) is 48.5 Å². The maximum Gasteiger partial charge on any atom is 0.416 e. The molecule has 1 amide bonds. The smallest absolute Gasteiger partial charge is 0.416 e. The van der Waals surface area contributed by atoms with E-state index in [1.807, 2.05) is 0 Å². The van der Waals surface area contributed by atoms with E-state index in [1.165, 1.54) is 29.2 Å². The van der Waals surface area contributed by atoms with Gasteiger partial charge in [-0.2, -0.15) is 13.2 Å². The molecule has 3 atom stereocenters. The van der Waals surface area contributed by atoms with Gasteiger partial charge in [0.25, 0.3) is 0 Å². The average Bonchev–Trinajstić information content (AvgIpc) is 3.07. The zero-order chi connectivity index (χ0) is 22.8. The molecule has 5 nitrogen and oxygen atoms in total. The van der Waals surface area contributed by atoms with Gasteiger partial charge in [0.15, 0.2) is 0 Å². The van der Waals surface area contributed by atoms with Gasteiger partial charge in [-0.25, -0.2) is 9.18 Å². The molecule has 0 bridgehead atoms. The molecule has 2 N–H and O–H groups in total. The molecule has 0 radical (unpaired) electrons. The van der Waals surface area contributed by atoms with Crippen molar-refractivity contribution in [1.82, 2.24) is 10.2 Å². The molecule has 166 valence electrons. The first-order chi connectivity index (χ1) is 14.5. The maximum absolute atomic E-state index is 14.1.